The molecule has 0 radical (unpaired) electrons. The highest BCUT2D eigenvalue weighted by Gasteiger charge is 2.17. The molecule has 0 saturated heterocycles. The van der Waals surface area contributed by atoms with Crippen molar-refractivity contribution < 1.29 is 0 Å². The summed E-state index contributed by atoms with van der Waals surface area (Å²) in [6.45, 7) is 2.08. The number of aryl methyl sites for hydroxylation is 1. The first-order valence-corrected chi connectivity index (χ1v) is 7.80. The van der Waals surface area contributed by atoms with Crippen LogP contribution in [0.1, 0.15) is 22.3 Å². The number of nitrogens with zero attached hydrogens (tertiary/aromatic N) is 3. The maximum atomic E-state index is 4.78. The zero-order valence-electron chi connectivity index (χ0n) is 13.3. The third-order valence-corrected chi connectivity index (χ3v) is 3.90. The largest absolute Gasteiger partial charge is 0.264 e. The van der Waals surface area contributed by atoms with Crippen LogP contribution in [0.15, 0.2) is 83.2 Å². The van der Waals surface area contributed by atoms with Gasteiger partial charge in [0.1, 0.15) is 0 Å². The second-order valence-corrected chi connectivity index (χ2v) is 5.66. The van der Waals surface area contributed by atoms with Crippen molar-refractivity contribution in [1.82, 2.24) is 10.4 Å². The molecule has 3 aromatic rings. The van der Waals surface area contributed by atoms with Crippen molar-refractivity contribution in [3.05, 3.63) is 95.3 Å². The molecule has 0 amide bonds. The maximum absolute atomic E-state index is 4.78. The number of rotatable bonds is 2. The van der Waals surface area contributed by atoms with E-state index in [1.807, 2.05) is 36.4 Å². The average molecular weight is 312 g/mol. The van der Waals surface area contributed by atoms with Crippen LogP contribution in [-0.4, -0.2) is 16.5 Å². The standard InChI is InChI=1S/C20H16N4/c1-14-9-10-18-17(12-14)19(15-6-3-2-4-7-15)23-24-20(22-18)16-8-5-11-21-13-16/h2-13H,1H3,(H,22,24). The van der Waals surface area contributed by atoms with Gasteiger partial charge in [-0.2, -0.15) is 5.10 Å². The highest BCUT2D eigenvalue weighted by atomic mass is 15.3. The molecule has 1 aliphatic heterocycles. The minimum absolute atomic E-state index is 0.694. The van der Waals surface area contributed by atoms with Gasteiger partial charge in [0.05, 0.1) is 11.4 Å². The highest BCUT2D eigenvalue weighted by molar-refractivity contribution is 6.18. The zero-order chi connectivity index (χ0) is 16.4. The second kappa shape index (κ2) is 6.08. The Kier molecular flexibility index (Phi) is 3.63. The molecule has 2 aromatic carbocycles. The molecule has 1 N–H and O–H groups in total. The Balaban J connectivity index is 1.89. The smallest absolute Gasteiger partial charge is 0.155 e. The summed E-state index contributed by atoms with van der Waals surface area (Å²) in [5, 5.41) is 4.64. The summed E-state index contributed by atoms with van der Waals surface area (Å²) in [6.07, 6.45) is 3.53. The third-order valence-electron chi connectivity index (χ3n) is 3.90. The fraction of sp³-hybridized carbons (Fsp3) is 0.0500. The fourth-order valence-electron chi connectivity index (χ4n) is 2.70. The maximum Gasteiger partial charge on any atom is 0.155 e. The van der Waals surface area contributed by atoms with Gasteiger partial charge in [0, 0.05) is 29.1 Å². The lowest BCUT2D eigenvalue weighted by atomic mass is 9.99. The lowest BCUT2D eigenvalue weighted by Crippen LogP contribution is -2.19. The van der Waals surface area contributed by atoms with Crippen molar-refractivity contribution in [3.8, 4) is 0 Å². The number of pyridine rings is 1. The number of benzene rings is 2. The number of aliphatic imine (C=N–C) groups is 1. The lowest BCUT2D eigenvalue weighted by molar-refractivity contribution is 1.03. The minimum atomic E-state index is 0.694. The van der Waals surface area contributed by atoms with E-state index in [1.54, 1.807) is 12.4 Å². The summed E-state index contributed by atoms with van der Waals surface area (Å²) >= 11 is 0. The molecule has 4 rings (SSSR count). The van der Waals surface area contributed by atoms with Gasteiger partial charge in [0.25, 0.3) is 0 Å². The van der Waals surface area contributed by atoms with Gasteiger partial charge < -0.3 is 0 Å². The van der Waals surface area contributed by atoms with Crippen LogP contribution in [0.4, 0.5) is 5.69 Å². The molecule has 0 bridgehead atoms. The summed E-state index contributed by atoms with van der Waals surface area (Å²) in [6, 6.07) is 20.2. The molecule has 0 saturated carbocycles. The summed E-state index contributed by atoms with van der Waals surface area (Å²) in [5.74, 6) is 0.694. The van der Waals surface area contributed by atoms with Crippen LogP contribution in [0.25, 0.3) is 0 Å². The minimum Gasteiger partial charge on any atom is -0.264 e. The number of hydrogen-bond acceptors (Lipinski definition) is 4. The molecule has 0 spiro atoms. The van der Waals surface area contributed by atoms with E-state index in [9.17, 15) is 0 Å². The normalized spacial score (nSPS) is 13.2. The molecule has 4 nitrogen and oxygen atoms in total. The molecule has 0 atom stereocenters. The van der Waals surface area contributed by atoms with Crippen molar-refractivity contribution >= 4 is 17.2 Å². The summed E-state index contributed by atoms with van der Waals surface area (Å²) in [5.41, 5.74) is 9.05. The zero-order valence-corrected chi connectivity index (χ0v) is 13.3. The monoisotopic (exact) mass is 312 g/mol. The summed E-state index contributed by atoms with van der Waals surface area (Å²) < 4.78 is 0. The van der Waals surface area contributed by atoms with Crippen LogP contribution in [-0.2, 0) is 0 Å². The quantitative estimate of drug-likeness (QED) is 0.782. The first-order chi connectivity index (χ1) is 11.8. The van der Waals surface area contributed by atoms with E-state index in [2.05, 4.69) is 46.7 Å². The molecule has 0 aliphatic carbocycles. The fourth-order valence-corrected chi connectivity index (χ4v) is 2.70. The Bertz CT molecular complexity index is 928. The average Bonchev–Trinajstić information content (AvgIpc) is 2.82. The van der Waals surface area contributed by atoms with Crippen molar-refractivity contribution in [1.29, 1.82) is 0 Å². The van der Waals surface area contributed by atoms with Gasteiger partial charge in [-0.15, -0.1) is 0 Å². The van der Waals surface area contributed by atoms with E-state index in [4.69, 9.17) is 4.99 Å². The van der Waals surface area contributed by atoms with Crippen LogP contribution in [0, 0.1) is 6.92 Å². The summed E-state index contributed by atoms with van der Waals surface area (Å²) in [7, 11) is 0. The second-order valence-electron chi connectivity index (χ2n) is 5.66. The van der Waals surface area contributed by atoms with Crippen molar-refractivity contribution in [2.24, 2.45) is 10.1 Å². The first kappa shape index (κ1) is 14.3. The van der Waals surface area contributed by atoms with Crippen LogP contribution >= 0.6 is 0 Å². The molecule has 0 unspecified atom stereocenters. The van der Waals surface area contributed by atoms with Gasteiger partial charge in [-0.05, 0) is 31.2 Å². The Morgan fingerprint density at radius 1 is 0.875 bits per heavy atom. The van der Waals surface area contributed by atoms with E-state index in [0.29, 0.717) is 5.84 Å². The topological polar surface area (TPSA) is 49.6 Å². The molecule has 24 heavy (non-hydrogen) atoms. The SMILES string of the molecule is Cc1ccc2c(c1)C(c1ccccc1)=NNC(c1cccnc1)=N2. The predicted molar refractivity (Wildman–Crippen MR) is 96.8 cm³/mol. The van der Waals surface area contributed by atoms with Crippen molar-refractivity contribution in [2.75, 3.05) is 0 Å². The Morgan fingerprint density at radius 3 is 2.50 bits per heavy atom. The van der Waals surface area contributed by atoms with Gasteiger partial charge in [0.2, 0.25) is 0 Å². The Hall–Kier alpha value is -3.27. The van der Waals surface area contributed by atoms with Crippen LogP contribution in [0.5, 0.6) is 0 Å². The lowest BCUT2D eigenvalue weighted by Gasteiger charge is -2.08. The first-order valence-electron chi connectivity index (χ1n) is 7.80. The van der Waals surface area contributed by atoms with Gasteiger partial charge in [-0.25, -0.2) is 4.99 Å². The molecule has 1 aliphatic rings. The van der Waals surface area contributed by atoms with Crippen LogP contribution in [0.2, 0.25) is 0 Å². The molecular formula is C20H16N4. The Labute approximate surface area is 140 Å². The molecule has 4 heteroatoms. The number of nitrogens with one attached hydrogen (secondary N) is 1. The number of fused-ring (bicyclic) bond motifs is 1. The van der Waals surface area contributed by atoms with E-state index in [-0.39, 0.29) is 0 Å². The molecule has 2 heterocycles. The number of hydrazone groups is 1. The van der Waals surface area contributed by atoms with Crippen molar-refractivity contribution in [2.45, 2.75) is 6.92 Å². The molecule has 116 valence electrons. The Morgan fingerprint density at radius 2 is 1.71 bits per heavy atom. The molecule has 0 fully saturated rings. The molecule has 1 aromatic heterocycles. The number of amidine groups is 1. The molecular weight excluding hydrogens is 296 g/mol. The van der Waals surface area contributed by atoms with Gasteiger partial charge >= 0.3 is 0 Å². The van der Waals surface area contributed by atoms with Gasteiger partial charge in [-0.3, -0.25) is 10.4 Å². The third kappa shape index (κ3) is 2.70. The van der Waals surface area contributed by atoms with Crippen LogP contribution in [0.3, 0.4) is 0 Å². The summed E-state index contributed by atoms with van der Waals surface area (Å²) in [4.78, 5) is 8.95. The number of hydrogen-bond donors (Lipinski definition) is 1. The predicted octanol–water partition coefficient (Wildman–Crippen LogP) is 3.82. The van der Waals surface area contributed by atoms with E-state index >= 15 is 0 Å². The van der Waals surface area contributed by atoms with E-state index in [1.165, 1.54) is 5.56 Å². The van der Waals surface area contributed by atoms with Crippen LogP contribution < -0.4 is 5.43 Å². The number of aromatic nitrogens is 1. The van der Waals surface area contributed by atoms with Crippen molar-refractivity contribution in [3.63, 3.8) is 0 Å². The van der Waals surface area contributed by atoms with Gasteiger partial charge in [-0.1, -0.05) is 42.0 Å². The van der Waals surface area contributed by atoms with Gasteiger partial charge in [0.15, 0.2) is 5.84 Å². The highest BCUT2D eigenvalue weighted by Crippen LogP contribution is 2.26. The van der Waals surface area contributed by atoms with E-state index in [0.717, 1.165) is 28.1 Å². The van der Waals surface area contributed by atoms with E-state index < -0.39 is 0 Å².